The van der Waals surface area contributed by atoms with E-state index in [1.54, 1.807) is 10.9 Å². The van der Waals surface area contributed by atoms with Crippen molar-refractivity contribution in [2.75, 3.05) is 0 Å². The molecule has 1 amide bonds. The van der Waals surface area contributed by atoms with Gasteiger partial charge in [-0.1, -0.05) is 42.5 Å². The Morgan fingerprint density at radius 2 is 1.72 bits per heavy atom. The molecule has 0 spiro atoms. The fourth-order valence-electron chi connectivity index (χ4n) is 3.88. The lowest BCUT2D eigenvalue weighted by Gasteiger charge is -2.36. The van der Waals surface area contributed by atoms with E-state index in [0.29, 0.717) is 24.3 Å². The minimum absolute atomic E-state index is 0.0707. The molecule has 2 fully saturated rings. The van der Waals surface area contributed by atoms with E-state index in [1.807, 2.05) is 18.2 Å². The van der Waals surface area contributed by atoms with Crippen LogP contribution in [-0.4, -0.2) is 37.9 Å². The first-order valence-corrected chi connectivity index (χ1v) is 9.47. The number of carbonyl (C=O) groups is 1. The minimum atomic E-state index is 0.0707. The van der Waals surface area contributed by atoms with Gasteiger partial charge in [0, 0.05) is 12.1 Å². The van der Waals surface area contributed by atoms with Gasteiger partial charge in [0.15, 0.2) is 5.69 Å². The van der Waals surface area contributed by atoms with Gasteiger partial charge in [-0.25, -0.2) is 4.68 Å². The lowest BCUT2D eigenvalue weighted by molar-refractivity contribution is 0.0587. The predicted octanol–water partition coefficient (Wildman–Crippen LogP) is 3.51. The van der Waals surface area contributed by atoms with Crippen molar-refractivity contribution < 1.29 is 4.79 Å². The summed E-state index contributed by atoms with van der Waals surface area (Å²) in [6.07, 6.45) is 8.77. The normalized spacial score (nSPS) is 23.4. The molecule has 5 heteroatoms. The second kappa shape index (κ2) is 6.98. The van der Waals surface area contributed by atoms with Crippen LogP contribution in [0.15, 0.2) is 36.5 Å². The van der Waals surface area contributed by atoms with Gasteiger partial charge >= 0.3 is 0 Å². The molecular formula is C20H26N4O. The van der Waals surface area contributed by atoms with Crippen LogP contribution in [0.1, 0.15) is 61.5 Å². The highest BCUT2D eigenvalue weighted by molar-refractivity contribution is 5.92. The van der Waals surface area contributed by atoms with Crippen molar-refractivity contribution in [1.82, 2.24) is 19.9 Å². The van der Waals surface area contributed by atoms with Crippen molar-refractivity contribution in [2.24, 2.45) is 5.92 Å². The number of aromatic nitrogens is 3. The number of nitrogens with zero attached hydrogens (tertiary/aromatic N) is 4. The molecule has 0 aliphatic heterocycles. The molecule has 0 radical (unpaired) electrons. The van der Waals surface area contributed by atoms with Gasteiger partial charge in [0.1, 0.15) is 0 Å². The van der Waals surface area contributed by atoms with Crippen molar-refractivity contribution in [3.05, 3.63) is 47.8 Å². The summed E-state index contributed by atoms with van der Waals surface area (Å²) in [6.45, 7) is 2.96. The van der Waals surface area contributed by atoms with Gasteiger partial charge in [-0.3, -0.25) is 4.79 Å². The van der Waals surface area contributed by atoms with Crippen LogP contribution < -0.4 is 0 Å². The zero-order valence-electron chi connectivity index (χ0n) is 14.8. The predicted molar refractivity (Wildman–Crippen MR) is 96.2 cm³/mol. The van der Waals surface area contributed by atoms with Gasteiger partial charge in [0.05, 0.1) is 12.7 Å². The standard InChI is InChI=1S/C20H26N4O/c1-15-7-9-17(10-8-15)24(18-11-12-18)20(25)19-14-23(22-21-19)13-16-5-3-2-4-6-16/h2-6,14-15,17-18H,7-13H2,1H3. The van der Waals surface area contributed by atoms with E-state index in [0.717, 1.165) is 37.2 Å². The maximum atomic E-state index is 13.1. The third-order valence-electron chi connectivity index (χ3n) is 5.50. The van der Waals surface area contributed by atoms with Crippen LogP contribution in [0.5, 0.6) is 0 Å². The second-order valence-electron chi connectivity index (χ2n) is 7.64. The van der Waals surface area contributed by atoms with Crippen molar-refractivity contribution in [2.45, 2.75) is 64.1 Å². The summed E-state index contributed by atoms with van der Waals surface area (Å²) < 4.78 is 1.76. The summed E-state index contributed by atoms with van der Waals surface area (Å²) >= 11 is 0. The zero-order valence-corrected chi connectivity index (χ0v) is 14.8. The van der Waals surface area contributed by atoms with Crippen LogP contribution in [0, 0.1) is 5.92 Å². The summed E-state index contributed by atoms with van der Waals surface area (Å²) in [5.74, 6) is 0.862. The molecule has 2 aliphatic carbocycles. The van der Waals surface area contributed by atoms with Crippen molar-refractivity contribution in [3.8, 4) is 0 Å². The van der Waals surface area contributed by atoms with E-state index in [2.05, 4.69) is 34.3 Å². The smallest absolute Gasteiger partial charge is 0.276 e. The first-order valence-electron chi connectivity index (χ1n) is 9.47. The molecule has 2 saturated carbocycles. The largest absolute Gasteiger partial charge is 0.331 e. The van der Waals surface area contributed by atoms with E-state index < -0.39 is 0 Å². The molecule has 25 heavy (non-hydrogen) atoms. The molecule has 0 unspecified atom stereocenters. The molecule has 0 N–H and O–H groups in total. The molecule has 5 nitrogen and oxygen atoms in total. The average Bonchev–Trinajstić information content (AvgIpc) is 3.35. The number of amides is 1. The van der Waals surface area contributed by atoms with Gasteiger partial charge in [-0.2, -0.15) is 0 Å². The van der Waals surface area contributed by atoms with Crippen molar-refractivity contribution >= 4 is 5.91 Å². The van der Waals surface area contributed by atoms with Gasteiger partial charge in [-0.05, 0) is 50.0 Å². The summed E-state index contributed by atoms with van der Waals surface area (Å²) in [6, 6.07) is 10.9. The number of benzene rings is 1. The summed E-state index contributed by atoms with van der Waals surface area (Å²) in [5.41, 5.74) is 1.65. The molecule has 1 heterocycles. The Labute approximate surface area is 149 Å². The Balaban J connectivity index is 1.47. The van der Waals surface area contributed by atoms with E-state index in [4.69, 9.17) is 0 Å². The highest BCUT2D eigenvalue weighted by atomic mass is 16.2. The molecular weight excluding hydrogens is 312 g/mol. The van der Waals surface area contributed by atoms with Crippen LogP contribution in [0.25, 0.3) is 0 Å². The molecule has 1 aromatic carbocycles. The first-order chi connectivity index (χ1) is 12.2. The van der Waals surface area contributed by atoms with Gasteiger partial charge in [0.25, 0.3) is 5.91 Å². The van der Waals surface area contributed by atoms with E-state index >= 15 is 0 Å². The molecule has 132 valence electrons. The Morgan fingerprint density at radius 3 is 2.36 bits per heavy atom. The van der Waals surface area contributed by atoms with Crippen LogP contribution in [0.4, 0.5) is 0 Å². The lowest BCUT2D eigenvalue weighted by Crippen LogP contribution is -2.43. The molecule has 0 atom stereocenters. The molecule has 1 aromatic heterocycles. The number of rotatable bonds is 5. The monoisotopic (exact) mass is 338 g/mol. The van der Waals surface area contributed by atoms with Crippen molar-refractivity contribution in [1.29, 1.82) is 0 Å². The Hall–Kier alpha value is -2.17. The van der Waals surface area contributed by atoms with Crippen LogP contribution in [0.2, 0.25) is 0 Å². The Morgan fingerprint density at radius 1 is 1.08 bits per heavy atom. The van der Waals surface area contributed by atoms with E-state index in [-0.39, 0.29) is 5.91 Å². The molecule has 2 aliphatic rings. The Bertz CT molecular complexity index is 714. The second-order valence-corrected chi connectivity index (χ2v) is 7.64. The number of hydrogen-bond donors (Lipinski definition) is 0. The lowest BCUT2D eigenvalue weighted by atomic mass is 9.86. The number of hydrogen-bond acceptors (Lipinski definition) is 3. The summed E-state index contributed by atoms with van der Waals surface area (Å²) in [4.78, 5) is 15.2. The molecule has 4 rings (SSSR count). The van der Waals surface area contributed by atoms with Crippen LogP contribution in [0.3, 0.4) is 0 Å². The van der Waals surface area contributed by atoms with E-state index in [1.165, 1.54) is 12.8 Å². The minimum Gasteiger partial charge on any atom is -0.331 e. The van der Waals surface area contributed by atoms with Gasteiger partial charge in [-0.15, -0.1) is 5.10 Å². The zero-order chi connectivity index (χ0) is 17.2. The fourth-order valence-corrected chi connectivity index (χ4v) is 3.88. The van der Waals surface area contributed by atoms with Crippen molar-refractivity contribution in [3.63, 3.8) is 0 Å². The average molecular weight is 338 g/mol. The third kappa shape index (κ3) is 3.75. The topological polar surface area (TPSA) is 51.0 Å². The summed E-state index contributed by atoms with van der Waals surface area (Å²) in [7, 11) is 0. The maximum absolute atomic E-state index is 13.1. The maximum Gasteiger partial charge on any atom is 0.276 e. The highest BCUT2D eigenvalue weighted by Gasteiger charge is 2.39. The highest BCUT2D eigenvalue weighted by Crippen LogP contribution is 2.36. The quantitative estimate of drug-likeness (QED) is 0.838. The fraction of sp³-hybridized carbons (Fsp3) is 0.550. The van der Waals surface area contributed by atoms with Gasteiger partial charge in [0.2, 0.25) is 0 Å². The SMILES string of the molecule is CC1CCC(N(C(=O)c2cn(Cc3ccccc3)nn2)C2CC2)CC1. The van der Waals surface area contributed by atoms with Crippen LogP contribution >= 0.6 is 0 Å². The first kappa shape index (κ1) is 16.3. The Kier molecular flexibility index (Phi) is 4.55. The van der Waals surface area contributed by atoms with Crippen LogP contribution in [-0.2, 0) is 6.54 Å². The third-order valence-corrected chi connectivity index (χ3v) is 5.50. The molecule has 0 bridgehead atoms. The van der Waals surface area contributed by atoms with Gasteiger partial charge < -0.3 is 4.90 Å². The van der Waals surface area contributed by atoms with E-state index in [9.17, 15) is 4.79 Å². The number of carbonyl (C=O) groups excluding carboxylic acids is 1. The molecule has 0 saturated heterocycles. The summed E-state index contributed by atoms with van der Waals surface area (Å²) in [5, 5.41) is 8.35. The molecule has 2 aromatic rings.